The standard InChI is InChI=1S/C18H28FNO/c1-12(2)20-11-15-10-16(19)6-8-18(15)21-17-7-5-13(3)14(4)9-17/h6,8,10,12-14,17,20H,5,7,9,11H2,1-4H3. The van der Waals surface area contributed by atoms with E-state index in [1.54, 1.807) is 12.1 Å². The summed E-state index contributed by atoms with van der Waals surface area (Å²) in [6, 6.07) is 5.22. The molecule has 1 fully saturated rings. The second-order valence-electron chi connectivity index (χ2n) is 6.80. The van der Waals surface area contributed by atoms with E-state index in [4.69, 9.17) is 4.74 Å². The molecule has 0 bridgehead atoms. The first-order valence-electron chi connectivity index (χ1n) is 8.14. The van der Waals surface area contributed by atoms with E-state index in [2.05, 4.69) is 33.0 Å². The molecule has 1 aromatic rings. The molecule has 0 heterocycles. The zero-order valence-electron chi connectivity index (χ0n) is 13.7. The first kappa shape index (κ1) is 16.3. The highest BCUT2D eigenvalue weighted by Gasteiger charge is 2.26. The van der Waals surface area contributed by atoms with Crippen molar-refractivity contribution in [2.45, 2.75) is 65.6 Å². The maximum atomic E-state index is 13.5. The largest absolute Gasteiger partial charge is 0.490 e. The smallest absolute Gasteiger partial charge is 0.124 e. The predicted octanol–water partition coefficient (Wildman–Crippen LogP) is 4.53. The number of benzene rings is 1. The Morgan fingerprint density at radius 1 is 1.24 bits per heavy atom. The average molecular weight is 293 g/mol. The molecule has 1 aliphatic rings. The Hall–Kier alpha value is -1.09. The van der Waals surface area contributed by atoms with Gasteiger partial charge in [0, 0.05) is 18.2 Å². The van der Waals surface area contributed by atoms with Crippen molar-refractivity contribution >= 4 is 0 Å². The van der Waals surface area contributed by atoms with Gasteiger partial charge in [-0.3, -0.25) is 0 Å². The fourth-order valence-electron chi connectivity index (χ4n) is 2.90. The normalized spacial score (nSPS) is 26.1. The maximum absolute atomic E-state index is 13.5. The summed E-state index contributed by atoms with van der Waals surface area (Å²) in [5.41, 5.74) is 0.912. The van der Waals surface area contributed by atoms with Gasteiger partial charge in [-0.25, -0.2) is 4.39 Å². The van der Waals surface area contributed by atoms with Crippen LogP contribution in [0.15, 0.2) is 18.2 Å². The van der Waals surface area contributed by atoms with Crippen LogP contribution >= 0.6 is 0 Å². The summed E-state index contributed by atoms with van der Waals surface area (Å²) < 4.78 is 19.7. The molecule has 0 aromatic heterocycles. The molecule has 3 atom stereocenters. The first-order valence-corrected chi connectivity index (χ1v) is 8.14. The van der Waals surface area contributed by atoms with Gasteiger partial charge in [0.2, 0.25) is 0 Å². The summed E-state index contributed by atoms with van der Waals surface area (Å²) in [6.07, 6.45) is 3.67. The van der Waals surface area contributed by atoms with E-state index in [0.29, 0.717) is 18.5 Å². The Balaban J connectivity index is 2.04. The van der Waals surface area contributed by atoms with Gasteiger partial charge < -0.3 is 10.1 Å². The molecular weight excluding hydrogens is 265 g/mol. The lowest BCUT2D eigenvalue weighted by molar-refractivity contribution is 0.0994. The van der Waals surface area contributed by atoms with Crippen LogP contribution in [0.3, 0.4) is 0 Å². The molecule has 0 amide bonds. The monoisotopic (exact) mass is 293 g/mol. The molecule has 0 radical (unpaired) electrons. The number of ether oxygens (including phenoxy) is 1. The molecule has 1 N–H and O–H groups in total. The lowest BCUT2D eigenvalue weighted by Crippen LogP contribution is -2.29. The molecule has 3 unspecified atom stereocenters. The van der Waals surface area contributed by atoms with Gasteiger partial charge >= 0.3 is 0 Å². The fourth-order valence-corrected chi connectivity index (χ4v) is 2.90. The van der Waals surface area contributed by atoms with Gasteiger partial charge in [-0.15, -0.1) is 0 Å². The highest BCUT2D eigenvalue weighted by Crippen LogP contribution is 2.32. The van der Waals surface area contributed by atoms with Crippen molar-refractivity contribution in [1.29, 1.82) is 0 Å². The van der Waals surface area contributed by atoms with Crippen molar-refractivity contribution in [3.63, 3.8) is 0 Å². The summed E-state index contributed by atoms with van der Waals surface area (Å²) in [6.45, 7) is 9.43. The van der Waals surface area contributed by atoms with Gasteiger partial charge in [-0.05, 0) is 49.3 Å². The molecule has 0 aliphatic heterocycles. The van der Waals surface area contributed by atoms with Crippen LogP contribution in [0, 0.1) is 17.7 Å². The molecule has 0 saturated heterocycles. The minimum Gasteiger partial charge on any atom is -0.490 e. The van der Waals surface area contributed by atoms with Crippen molar-refractivity contribution in [2.75, 3.05) is 0 Å². The molecule has 2 nitrogen and oxygen atoms in total. The van der Waals surface area contributed by atoms with Crippen LogP contribution in [0.2, 0.25) is 0 Å². The van der Waals surface area contributed by atoms with Crippen molar-refractivity contribution < 1.29 is 9.13 Å². The molecule has 2 rings (SSSR count). The van der Waals surface area contributed by atoms with E-state index in [0.717, 1.165) is 30.1 Å². The highest BCUT2D eigenvalue weighted by atomic mass is 19.1. The van der Waals surface area contributed by atoms with Crippen LogP contribution in [-0.2, 0) is 6.54 Å². The van der Waals surface area contributed by atoms with Crippen LogP contribution in [0.4, 0.5) is 4.39 Å². The van der Waals surface area contributed by atoms with Crippen LogP contribution in [0.1, 0.15) is 52.5 Å². The van der Waals surface area contributed by atoms with E-state index >= 15 is 0 Å². The van der Waals surface area contributed by atoms with Gasteiger partial charge in [-0.1, -0.05) is 27.7 Å². The van der Waals surface area contributed by atoms with Gasteiger partial charge in [-0.2, -0.15) is 0 Å². The lowest BCUT2D eigenvalue weighted by Gasteiger charge is -2.32. The molecule has 1 saturated carbocycles. The van der Waals surface area contributed by atoms with Crippen molar-refractivity contribution in [3.05, 3.63) is 29.6 Å². The topological polar surface area (TPSA) is 21.3 Å². The molecule has 1 aromatic carbocycles. The van der Waals surface area contributed by atoms with E-state index < -0.39 is 0 Å². The van der Waals surface area contributed by atoms with Gasteiger partial charge in [0.1, 0.15) is 11.6 Å². The third kappa shape index (κ3) is 4.70. The molecular formula is C18H28FNO. The third-order valence-corrected chi connectivity index (χ3v) is 4.57. The maximum Gasteiger partial charge on any atom is 0.124 e. The van der Waals surface area contributed by atoms with Gasteiger partial charge in [0.25, 0.3) is 0 Å². The summed E-state index contributed by atoms with van der Waals surface area (Å²) in [5.74, 6) is 2.10. The van der Waals surface area contributed by atoms with Gasteiger partial charge in [0.05, 0.1) is 6.10 Å². The molecule has 0 spiro atoms. The van der Waals surface area contributed by atoms with Crippen LogP contribution in [0.5, 0.6) is 5.75 Å². The number of halogens is 1. The Labute approximate surface area is 128 Å². The molecule has 21 heavy (non-hydrogen) atoms. The summed E-state index contributed by atoms with van der Waals surface area (Å²) >= 11 is 0. The Morgan fingerprint density at radius 3 is 2.67 bits per heavy atom. The highest BCUT2D eigenvalue weighted by molar-refractivity contribution is 5.34. The van der Waals surface area contributed by atoms with Crippen LogP contribution in [0.25, 0.3) is 0 Å². The number of hydrogen-bond acceptors (Lipinski definition) is 2. The number of nitrogens with one attached hydrogen (secondary N) is 1. The zero-order valence-corrected chi connectivity index (χ0v) is 13.7. The van der Waals surface area contributed by atoms with E-state index in [1.807, 2.05) is 0 Å². The van der Waals surface area contributed by atoms with Gasteiger partial charge in [0.15, 0.2) is 0 Å². The summed E-state index contributed by atoms with van der Waals surface area (Å²) in [4.78, 5) is 0. The Kier molecular flexibility index (Phi) is 5.63. The van der Waals surface area contributed by atoms with Crippen molar-refractivity contribution in [3.8, 4) is 5.75 Å². The quantitative estimate of drug-likeness (QED) is 0.861. The van der Waals surface area contributed by atoms with Crippen molar-refractivity contribution in [1.82, 2.24) is 5.32 Å². The molecule has 118 valence electrons. The first-order chi connectivity index (χ1) is 9.95. The van der Waals surface area contributed by atoms with E-state index in [-0.39, 0.29) is 11.9 Å². The Bertz CT molecular complexity index is 461. The van der Waals surface area contributed by atoms with E-state index in [1.165, 1.54) is 12.5 Å². The van der Waals surface area contributed by atoms with Crippen LogP contribution < -0.4 is 10.1 Å². The number of hydrogen-bond donors (Lipinski definition) is 1. The SMILES string of the molecule is CC(C)NCc1cc(F)ccc1OC1CCC(C)C(C)C1. The fraction of sp³-hybridized carbons (Fsp3) is 0.667. The summed E-state index contributed by atoms with van der Waals surface area (Å²) in [7, 11) is 0. The average Bonchev–Trinajstić information content (AvgIpc) is 2.43. The number of rotatable bonds is 5. The molecule has 1 aliphatic carbocycles. The minimum absolute atomic E-state index is 0.200. The van der Waals surface area contributed by atoms with Crippen molar-refractivity contribution in [2.24, 2.45) is 11.8 Å². The molecule has 3 heteroatoms. The zero-order chi connectivity index (χ0) is 15.4. The Morgan fingerprint density at radius 2 is 2.00 bits per heavy atom. The minimum atomic E-state index is -0.200. The second kappa shape index (κ2) is 7.26. The van der Waals surface area contributed by atoms with E-state index in [9.17, 15) is 4.39 Å². The third-order valence-electron chi connectivity index (χ3n) is 4.57. The second-order valence-corrected chi connectivity index (χ2v) is 6.80. The predicted molar refractivity (Wildman–Crippen MR) is 85.0 cm³/mol. The summed E-state index contributed by atoms with van der Waals surface area (Å²) in [5, 5.41) is 3.34. The lowest BCUT2D eigenvalue weighted by atomic mass is 9.80. The van der Waals surface area contributed by atoms with Crippen LogP contribution in [-0.4, -0.2) is 12.1 Å².